The van der Waals surface area contributed by atoms with Gasteiger partial charge in [0.25, 0.3) is 0 Å². The van der Waals surface area contributed by atoms with Gasteiger partial charge in [0.1, 0.15) is 0 Å². The predicted molar refractivity (Wildman–Crippen MR) is 42.8 cm³/mol. The van der Waals surface area contributed by atoms with Crippen LogP contribution in [0.5, 0.6) is 0 Å². The van der Waals surface area contributed by atoms with Crippen LogP contribution in [-0.2, 0) is 19.9 Å². The van der Waals surface area contributed by atoms with E-state index in [2.05, 4.69) is 10.3 Å². The SMILES string of the molecule is Cn1nnc2c1CC[I-]CCC2. The predicted octanol–water partition coefficient (Wildman–Crippen LogP) is -2.61. The molecule has 0 N–H and O–H groups in total. The normalized spacial score (nSPS) is 18.8. The molecule has 0 fully saturated rings. The van der Waals surface area contributed by atoms with E-state index in [-0.39, 0.29) is 0 Å². The van der Waals surface area contributed by atoms with Gasteiger partial charge < -0.3 is 0 Å². The van der Waals surface area contributed by atoms with Gasteiger partial charge in [-0.05, 0) is 0 Å². The van der Waals surface area contributed by atoms with E-state index < -0.39 is 0 Å². The van der Waals surface area contributed by atoms with Gasteiger partial charge in [-0.2, -0.15) is 0 Å². The zero-order chi connectivity index (χ0) is 8.39. The van der Waals surface area contributed by atoms with Crippen molar-refractivity contribution in [3.63, 3.8) is 0 Å². The van der Waals surface area contributed by atoms with Crippen LogP contribution >= 0.6 is 0 Å². The molecule has 68 valence electrons. The first kappa shape index (κ1) is 8.47. The molecule has 4 heteroatoms. The van der Waals surface area contributed by atoms with E-state index >= 15 is 0 Å². The topological polar surface area (TPSA) is 30.7 Å². The van der Waals surface area contributed by atoms with Crippen molar-refractivity contribution in [2.45, 2.75) is 19.3 Å². The second kappa shape index (κ2) is 3.72. The van der Waals surface area contributed by atoms with Crippen LogP contribution < -0.4 is 21.2 Å². The summed E-state index contributed by atoms with van der Waals surface area (Å²) < 4.78 is 4.83. The molecule has 12 heavy (non-hydrogen) atoms. The maximum atomic E-state index is 4.18. The maximum absolute atomic E-state index is 4.18. The van der Waals surface area contributed by atoms with E-state index in [4.69, 9.17) is 0 Å². The van der Waals surface area contributed by atoms with Crippen molar-refractivity contribution in [3.8, 4) is 0 Å². The Balaban J connectivity index is 2.26. The Morgan fingerprint density at radius 2 is 2.25 bits per heavy atom. The molecule has 3 nitrogen and oxygen atoms in total. The van der Waals surface area contributed by atoms with E-state index in [1.54, 1.807) is 0 Å². The molecule has 0 aromatic carbocycles. The van der Waals surface area contributed by atoms with Crippen LogP contribution in [0.3, 0.4) is 0 Å². The van der Waals surface area contributed by atoms with Crippen molar-refractivity contribution >= 4 is 0 Å². The van der Waals surface area contributed by atoms with E-state index in [0.717, 1.165) is 6.42 Å². The molecule has 0 aliphatic carbocycles. The molecule has 0 atom stereocenters. The molecule has 2 heterocycles. The number of aryl methyl sites for hydroxylation is 2. The molecule has 1 aliphatic heterocycles. The minimum absolute atomic E-state index is 0.481. The van der Waals surface area contributed by atoms with Gasteiger partial charge in [-0.15, -0.1) is 0 Å². The third-order valence-electron chi connectivity index (χ3n) is 2.17. The number of rotatable bonds is 0. The zero-order valence-electron chi connectivity index (χ0n) is 7.26. The molecule has 0 amide bonds. The van der Waals surface area contributed by atoms with Gasteiger partial charge in [-0.1, -0.05) is 0 Å². The number of hydrogen-bond acceptors (Lipinski definition) is 2. The quantitative estimate of drug-likeness (QED) is 0.385. The summed E-state index contributed by atoms with van der Waals surface area (Å²) in [5, 5.41) is 8.24. The van der Waals surface area contributed by atoms with Crippen LogP contribution in [0.4, 0.5) is 0 Å². The number of halogens is 1. The summed E-state index contributed by atoms with van der Waals surface area (Å²) in [5.41, 5.74) is 2.63. The summed E-state index contributed by atoms with van der Waals surface area (Å²) in [5.74, 6) is 0. The number of aromatic nitrogens is 3. The zero-order valence-corrected chi connectivity index (χ0v) is 9.41. The number of nitrogens with zero attached hydrogens (tertiary/aromatic N) is 3. The molecule has 0 saturated carbocycles. The van der Waals surface area contributed by atoms with Crippen molar-refractivity contribution in [1.29, 1.82) is 0 Å². The Labute approximate surface area is 82.8 Å². The summed E-state index contributed by atoms with van der Waals surface area (Å²) in [4.78, 5) is 0. The van der Waals surface area contributed by atoms with Gasteiger partial charge in [0, 0.05) is 0 Å². The van der Waals surface area contributed by atoms with Crippen molar-refractivity contribution in [3.05, 3.63) is 11.4 Å². The fourth-order valence-corrected chi connectivity index (χ4v) is 3.85. The molecule has 1 aromatic rings. The molecular formula is C8H13IN3-. The van der Waals surface area contributed by atoms with Gasteiger partial charge in [-0.3, -0.25) is 0 Å². The number of alkyl halides is 2. The third kappa shape index (κ3) is 1.62. The molecule has 2 rings (SSSR count). The van der Waals surface area contributed by atoms with Crippen molar-refractivity contribution in [2.75, 3.05) is 8.86 Å². The van der Waals surface area contributed by atoms with Crippen LogP contribution in [0.15, 0.2) is 0 Å². The van der Waals surface area contributed by atoms with Crippen LogP contribution in [-0.4, -0.2) is 23.8 Å². The molecule has 1 aliphatic rings. The fraction of sp³-hybridized carbons (Fsp3) is 0.750. The van der Waals surface area contributed by atoms with Crippen molar-refractivity contribution in [1.82, 2.24) is 15.0 Å². The van der Waals surface area contributed by atoms with E-state index in [0.29, 0.717) is 21.2 Å². The number of fused-ring (bicyclic) bond motifs is 1. The molecule has 0 bridgehead atoms. The summed E-state index contributed by atoms with van der Waals surface area (Å²) in [6, 6.07) is 0. The van der Waals surface area contributed by atoms with Crippen molar-refractivity contribution in [2.24, 2.45) is 7.05 Å². The van der Waals surface area contributed by atoms with Gasteiger partial charge >= 0.3 is 82.8 Å². The summed E-state index contributed by atoms with van der Waals surface area (Å²) in [7, 11) is 2.01. The first-order valence-corrected chi connectivity index (χ1v) is 7.34. The van der Waals surface area contributed by atoms with Crippen LogP contribution in [0.25, 0.3) is 0 Å². The van der Waals surface area contributed by atoms with E-state index in [1.807, 2.05) is 11.7 Å². The average Bonchev–Trinajstić information content (AvgIpc) is 2.31. The Morgan fingerprint density at radius 3 is 3.17 bits per heavy atom. The standard InChI is InChI=1S/C8H13IN3/c1-12-8-4-6-9-5-2-3-7(8)10-11-12/h2-6H2,1H3/q-1. The van der Waals surface area contributed by atoms with Crippen LogP contribution in [0.1, 0.15) is 17.8 Å². The van der Waals surface area contributed by atoms with E-state index in [9.17, 15) is 0 Å². The van der Waals surface area contributed by atoms with Gasteiger partial charge in [-0.25, -0.2) is 0 Å². The van der Waals surface area contributed by atoms with Crippen molar-refractivity contribution < 1.29 is 21.2 Å². The van der Waals surface area contributed by atoms with Gasteiger partial charge in [0.05, 0.1) is 0 Å². The molecule has 0 spiro atoms. The summed E-state index contributed by atoms with van der Waals surface area (Å²) >= 11 is 0.481. The fourth-order valence-electron chi connectivity index (χ4n) is 1.50. The number of hydrogen-bond donors (Lipinski definition) is 0. The summed E-state index contributed by atoms with van der Waals surface area (Å²) in [6.45, 7) is 0. The van der Waals surface area contributed by atoms with Crippen LogP contribution in [0.2, 0.25) is 0 Å². The van der Waals surface area contributed by atoms with Crippen LogP contribution in [0, 0.1) is 0 Å². The first-order valence-electron chi connectivity index (χ1n) is 4.29. The third-order valence-corrected chi connectivity index (χ3v) is 5.00. The second-order valence-corrected chi connectivity index (χ2v) is 6.26. The van der Waals surface area contributed by atoms with Gasteiger partial charge in [0.15, 0.2) is 0 Å². The summed E-state index contributed by atoms with van der Waals surface area (Å²) in [6.07, 6.45) is 3.70. The Hall–Kier alpha value is -0.130. The molecular weight excluding hydrogens is 265 g/mol. The Bertz CT molecular complexity index is 269. The molecule has 0 unspecified atom stereocenters. The Morgan fingerprint density at radius 1 is 1.33 bits per heavy atom. The monoisotopic (exact) mass is 278 g/mol. The van der Waals surface area contributed by atoms with E-state index in [1.165, 1.54) is 33.1 Å². The molecule has 0 saturated heterocycles. The Kier molecular flexibility index (Phi) is 2.63. The second-order valence-electron chi connectivity index (χ2n) is 3.03. The molecule has 1 aromatic heterocycles. The average molecular weight is 278 g/mol. The molecule has 0 radical (unpaired) electrons. The minimum atomic E-state index is 0.481. The van der Waals surface area contributed by atoms with Gasteiger partial charge in [0.2, 0.25) is 0 Å². The first-order chi connectivity index (χ1) is 5.88.